The zero-order valence-corrected chi connectivity index (χ0v) is 7.43. The maximum atomic E-state index is 11.5. The van der Waals surface area contributed by atoms with E-state index in [9.17, 15) is 9.59 Å². The molecule has 2 rings (SSSR count). The summed E-state index contributed by atoms with van der Waals surface area (Å²) in [5.74, 6) is -1.65. The molecule has 1 aliphatic rings. The fourth-order valence-corrected chi connectivity index (χ4v) is 1.67. The highest BCUT2D eigenvalue weighted by Crippen LogP contribution is 2.23. The molecule has 0 radical (unpaired) electrons. The SMILES string of the molecule is O=C1CC(C(=O)O)Cc2ncccc21. The molecule has 0 aliphatic heterocycles. The summed E-state index contributed by atoms with van der Waals surface area (Å²) in [6.45, 7) is 0. The first-order valence-electron chi connectivity index (χ1n) is 4.38. The van der Waals surface area contributed by atoms with Crippen molar-refractivity contribution in [2.75, 3.05) is 0 Å². The molecular weight excluding hydrogens is 182 g/mol. The molecule has 0 saturated heterocycles. The summed E-state index contributed by atoms with van der Waals surface area (Å²) in [6, 6.07) is 3.39. The van der Waals surface area contributed by atoms with E-state index >= 15 is 0 Å². The number of fused-ring (bicyclic) bond motifs is 1. The van der Waals surface area contributed by atoms with Crippen molar-refractivity contribution in [2.24, 2.45) is 5.92 Å². The van der Waals surface area contributed by atoms with Crippen LogP contribution in [0.2, 0.25) is 0 Å². The largest absolute Gasteiger partial charge is 0.481 e. The van der Waals surface area contributed by atoms with Gasteiger partial charge in [0, 0.05) is 24.6 Å². The van der Waals surface area contributed by atoms with Gasteiger partial charge in [-0.1, -0.05) is 0 Å². The minimum atomic E-state index is -0.922. The number of carboxylic acid groups (broad SMARTS) is 1. The topological polar surface area (TPSA) is 67.3 Å². The first-order valence-corrected chi connectivity index (χ1v) is 4.38. The van der Waals surface area contributed by atoms with Gasteiger partial charge in [-0.15, -0.1) is 0 Å². The lowest BCUT2D eigenvalue weighted by Crippen LogP contribution is -2.26. The van der Waals surface area contributed by atoms with Crippen molar-refractivity contribution in [1.82, 2.24) is 4.98 Å². The monoisotopic (exact) mass is 191 g/mol. The molecule has 0 spiro atoms. The maximum Gasteiger partial charge on any atom is 0.307 e. The van der Waals surface area contributed by atoms with Crippen LogP contribution >= 0.6 is 0 Å². The number of hydrogen-bond donors (Lipinski definition) is 1. The summed E-state index contributed by atoms with van der Waals surface area (Å²) in [7, 11) is 0. The Morgan fingerprint density at radius 1 is 1.50 bits per heavy atom. The van der Waals surface area contributed by atoms with E-state index in [0.29, 0.717) is 17.7 Å². The number of rotatable bonds is 1. The van der Waals surface area contributed by atoms with Gasteiger partial charge in [0.25, 0.3) is 0 Å². The van der Waals surface area contributed by atoms with Crippen LogP contribution in [0.5, 0.6) is 0 Å². The third kappa shape index (κ3) is 1.39. The summed E-state index contributed by atoms with van der Waals surface area (Å²) >= 11 is 0. The Bertz CT molecular complexity index is 400. The number of pyridine rings is 1. The molecule has 1 aromatic heterocycles. The number of Topliss-reactive ketones (excluding diaryl/α,β-unsaturated/α-hetero) is 1. The molecule has 4 heteroatoms. The highest BCUT2D eigenvalue weighted by molar-refractivity contribution is 6.00. The van der Waals surface area contributed by atoms with Crippen molar-refractivity contribution < 1.29 is 14.7 Å². The molecule has 72 valence electrons. The minimum absolute atomic E-state index is 0.0913. The first-order chi connectivity index (χ1) is 6.68. The van der Waals surface area contributed by atoms with Gasteiger partial charge in [-0.2, -0.15) is 0 Å². The highest BCUT2D eigenvalue weighted by Gasteiger charge is 2.30. The smallest absolute Gasteiger partial charge is 0.307 e. The van der Waals surface area contributed by atoms with E-state index in [-0.39, 0.29) is 12.2 Å². The zero-order chi connectivity index (χ0) is 10.1. The second-order valence-electron chi connectivity index (χ2n) is 3.36. The Morgan fingerprint density at radius 2 is 2.29 bits per heavy atom. The van der Waals surface area contributed by atoms with Crippen LogP contribution in [0.3, 0.4) is 0 Å². The average molecular weight is 191 g/mol. The van der Waals surface area contributed by atoms with Crippen LogP contribution in [-0.4, -0.2) is 21.8 Å². The zero-order valence-electron chi connectivity index (χ0n) is 7.43. The van der Waals surface area contributed by atoms with Crippen molar-refractivity contribution in [2.45, 2.75) is 12.8 Å². The normalized spacial score (nSPS) is 20.3. The molecule has 1 N–H and O–H groups in total. The number of carbonyl (C=O) groups is 2. The van der Waals surface area contributed by atoms with E-state index in [2.05, 4.69) is 4.98 Å². The van der Waals surface area contributed by atoms with Crippen LogP contribution in [0.1, 0.15) is 22.5 Å². The van der Waals surface area contributed by atoms with Crippen LogP contribution < -0.4 is 0 Å². The fraction of sp³-hybridized carbons (Fsp3) is 0.300. The molecule has 14 heavy (non-hydrogen) atoms. The van der Waals surface area contributed by atoms with Crippen molar-refractivity contribution in [3.63, 3.8) is 0 Å². The lowest BCUT2D eigenvalue weighted by atomic mass is 9.86. The van der Waals surface area contributed by atoms with Gasteiger partial charge in [0.05, 0.1) is 11.6 Å². The first kappa shape index (κ1) is 8.87. The van der Waals surface area contributed by atoms with E-state index in [1.54, 1.807) is 18.3 Å². The molecule has 0 bridgehead atoms. The molecule has 0 saturated carbocycles. The molecule has 1 heterocycles. The number of aromatic nitrogens is 1. The van der Waals surface area contributed by atoms with Gasteiger partial charge in [0.2, 0.25) is 0 Å². The molecule has 1 atom stereocenters. The summed E-state index contributed by atoms with van der Waals surface area (Å²) in [4.78, 5) is 26.2. The number of carbonyl (C=O) groups excluding carboxylic acids is 1. The van der Waals surface area contributed by atoms with Crippen LogP contribution in [0.4, 0.5) is 0 Å². The van der Waals surface area contributed by atoms with Gasteiger partial charge >= 0.3 is 5.97 Å². The number of carboxylic acids is 1. The predicted molar refractivity (Wildman–Crippen MR) is 48.0 cm³/mol. The lowest BCUT2D eigenvalue weighted by Gasteiger charge is -2.18. The van der Waals surface area contributed by atoms with Gasteiger partial charge < -0.3 is 5.11 Å². The third-order valence-corrected chi connectivity index (χ3v) is 2.41. The Kier molecular flexibility index (Phi) is 2.04. The molecule has 1 aliphatic carbocycles. The standard InChI is InChI=1S/C10H9NO3/c12-9-5-6(10(13)14)4-8-7(9)2-1-3-11-8/h1-3,6H,4-5H2,(H,13,14). The van der Waals surface area contributed by atoms with Crippen molar-refractivity contribution >= 4 is 11.8 Å². The van der Waals surface area contributed by atoms with Crippen LogP contribution in [0.15, 0.2) is 18.3 Å². The van der Waals surface area contributed by atoms with Crippen LogP contribution in [-0.2, 0) is 11.2 Å². The van der Waals surface area contributed by atoms with E-state index in [1.807, 2.05) is 0 Å². The van der Waals surface area contributed by atoms with Gasteiger partial charge in [0.15, 0.2) is 5.78 Å². The Balaban J connectivity index is 2.38. The number of ketones is 1. The Labute approximate surface area is 80.6 Å². The molecule has 4 nitrogen and oxygen atoms in total. The van der Waals surface area contributed by atoms with Crippen LogP contribution in [0.25, 0.3) is 0 Å². The Morgan fingerprint density at radius 3 is 3.00 bits per heavy atom. The molecule has 0 aromatic carbocycles. The van der Waals surface area contributed by atoms with Gasteiger partial charge in [0.1, 0.15) is 0 Å². The van der Waals surface area contributed by atoms with Crippen LogP contribution in [0, 0.1) is 5.92 Å². The predicted octanol–water partition coefficient (Wildman–Crippen LogP) is 0.911. The fourth-order valence-electron chi connectivity index (χ4n) is 1.67. The van der Waals surface area contributed by atoms with Gasteiger partial charge in [-0.25, -0.2) is 0 Å². The molecular formula is C10H9NO3. The van der Waals surface area contributed by atoms with Crippen molar-refractivity contribution in [1.29, 1.82) is 0 Å². The molecule has 0 fully saturated rings. The lowest BCUT2D eigenvalue weighted by molar-refractivity contribution is -0.141. The molecule has 1 unspecified atom stereocenters. The van der Waals surface area contributed by atoms with Gasteiger partial charge in [-0.3, -0.25) is 14.6 Å². The van der Waals surface area contributed by atoms with Gasteiger partial charge in [-0.05, 0) is 12.1 Å². The van der Waals surface area contributed by atoms with E-state index in [0.717, 1.165) is 0 Å². The number of aliphatic carboxylic acids is 1. The summed E-state index contributed by atoms with van der Waals surface area (Å²) in [5, 5.41) is 8.80. The van der Waals surface area contributed by atoms with Crippen molar-refractivity contribution in [3.05, 3.63) is 29.6 Å². The minimum Gasteiger partial charge on any atom is -0.481 e. The highest BCUT2D eigenvalue weighted by atomic mass is 16.4. The quantitative estimate of drug-likeness (QED) is 0.716. The summed E-state index contributed by atoms with van der Waals surface area (Å²) < 4.78 is 0. The third-order valence-electron chi connectivity index (χ3n) is 2.41. The number of nitrogens with zero attached hydrogens (tertiary/aromatic N) is 1. The second-order valence-corrected chi connectivity index (χ2v) is 3.36. The average Bonchev–Trinajstić information content (AvgIpc) is 2.17. The van der Waals surface area contributed by atoms with E-state index in [4.69, 9.17) is 5.11 Å². The second kappa shape index (κ2) is 3.21. The summed E-state index contributed by atoms with van der Waals surface area (Å²) in [6.07, 6.45) is 2.03. The van der Waals surface area contributed by atoms with E-state index in [1.165, 1.54) is 0 Å². The maximum absolute atomic E-state index is 11.5. The van der Waals surface area contributed by atoms with Crippen molar-refractivity contribution in [3.8, 4) is 0 Å². The molecule has 0 amide bonds. The Hall–Kier alpha value is -1.71. The summed E-state index contributed by atoms with van der Waals surface area (Å²) in [5.41, 5.74) is 1.18. The molecule has 1 aromatic rings. The van der Waals surface area contributed by atoms with E-state index < -0.39 is 11.9 Å². The number of hydrogen-bond acceptors (Lipinski definition) is 3.